The van der Waals surface area contributed by atoms with Crippen LogP contribution < -0.4 is 4.90 Å². The molecule has 0 saturated carbocycles. The zero-order chi connectivity index (χ0) is 12.1. The fourth-order valence-electron chi connectivity index (χ4n) is 1.58. The Hall–Kier alpha value is -0.720. The van der Waals surface area contributed by atoms with E-state index >= 15 is 0 Å². The molecule has 0 spiro atoms. The molecular weight excluding hydrogens is 288 g/mol. The van der Waals surface area contributed by atoms with Crippen LogP contribution in [0.4, 0.5) is 5.69 Å². The highest BCUT2D eigenvalue weighted by Crippen LogP contribution is 2.26. The van der Waals surface area contributed by atoms with E-state index in [9.17, 15) is 0 Å². The Labute approximate surface area is 110 Å². The second-order valence-corrected chi connectivity index (χ2v) is 4.81. The van der Waals surface area contributed by atoms with Crippen LogP contribution in [0, 0.1) is 17.2 Å². The SMILES string of the molecule is CC(C#N)CN(C)c1ccc(Cl)cc1CBr. The van der Waals surface area contributed by atoms with Crippen molar-refractivity contribution < 1.29 is 0 Å². The van der Waals surface area contributed by atoms with Crippen molar-refractivity contribution in [3.8, 4) is 6.07 Å². The van der Waals surface area contributed by atoms with Crippen LogP contribution >= 0.6 is 27.5 Å². The second kappa shape index (κ2) is 6.12. The average Bonchev–Trinajstić information content (AvgIpc) is 2.28. The third-order valence-corrected chi connectivity index (χ3v) is 3.20. The Morgan fingerprint density at radius 3 is 2.81 bits per heavy atom. The molecule has 1 rings (SSSR count). The van der Waals surface area contributed by atoms with E-state index in [1.807, 2.05) is 32.2 Å². The molecule has 1 aromatic carbocycles. The van der Waals surface area contributed by atoms with E-state index in [1.165, 1.54) is 0 Å². The zero-order valence-electron chi connectivity index (χ0n) is 9.37. The number of halogens is 2. The van der Waals surface area contributed by atoms with Gasteiger partial charge in [0.1, 0.15) is 0 Å². The molecule has 0 aliphatic carbocycles. The summed E-state index contributed by atoms with van der Waals surface area (Å²) < 4.78 is 0. The molecular formula is C12H14BrClN2. The molecule has 1 aromatic rings. The summed E-state index contributed by atoms with van der Waals surface area (Å²) >= 11 is 9.39. The number of nitrogens with zero attached hydrogens (tertiary/aromatic N) is 2. The molecule has 16 heavy (non-hydrogen) atoms. The van der Waals surface area contributed by atoms with Gasteiger partial charge in [0.05, 0.1) is 12.0 Å². The van der Waals surface area contributed by atoms with Crippen LogP contribution in [0.3, 0.4) is 0 Å². The van der Waals surface area contributed by atoms with Crippen LogP contribution in [-0.2, 0) is 5.33 Å². The maximum atomic E-state index is 8.79. The maximum absolute atomic E-state index is 8.79. The third-order valence-electron chi connectivity index (χ3n) is 2.36. The summed E-state index contributed by atoms with van der Waals surface area (Å²) in [4.78, 5) is 2.08. The zero-order valence-corrected chi connectivity index (χ0v) is 11.7. The Morgan fingerprint density at radius 2 is 2.25 bits per heavy atom. The molecule has 86 valence electrons. The lowest BCUT2D eigenvalue weighted by atomic mass is 10.1. The Kier molecular flexibility index (Phi) is 5.11. The molecule has 0 amide bonds. The van der Waals surface area contributed by atoms with Gasteiger partial charge in [-0.15, -0.1) is 0 Å². The first-order valence-electron chi connectivity index (χ1n) is 5.03. The fraction of sp³-hybridized carbons (Fsp3) is 0.417. The van der Waals surface area contributed by atoms with Crippen molar-refractivity contribution in [2.75, 3.05) is 18.5 Å². The highest BCUT2D eigenvalue weighted by atomic mass is 79.9. The van der Waals surface area contributed by atoms with Gasteiger partial charge in [0.2, 0.25) is 0 Å². The van der Waals surface area contributed by atoms with Gasteiger partial charge < -0.3 is 4.90 Å². The van der Waals surface area contributed by atoms with Crippen molar-refractivity contribution >= 4 is 33.2 Å². The van der Waals surface area contributed by atoms with Gasteiger partial charge in [-0.25, -0.2) is 0 Å². The van der Waals surface area contributed by atoms with Crippen LogP contribution in [0.25, 0.3) is 0 Å². The van der Waals surface area contributed by atoms with E-state index < -0.39 is 0 Å². The van der Waals surface area contributed by atoms with Crippen molar-refractivity contribution in [3.63, 3.8) is 0 Å². The average molecular weight is 302 g/mol. The number of hydrogen-bond acceptors (Lipinski definition) is 2. The van der Waals surface area contributed by atoms with E-state index in [-0.39, 0.29) is 5.92 Å². The van der Waals surface area contributed by atoms with E-state index in [2.05, 4.69) is 26.9 Å². The molecule has 2 nitrogen and oxygen atoms in total. The van der Waals surface area contributed by atoms with Crippen LogP contribution in [0.1, 0.15) is 12.5 Å². The lowest BCUT2D eigenvalue weighted by molar-refractivity contribution is 0.715. The smallest absolute Gasteiger partial charge is 0.0671 e. The van der Waals surface area contributed by atoms with Gasteiger partial charge in [0, 0.05) is 29.6 Å². The first-order chi connectivity index (χ1) is 7.58. The van der Waals surface area contributed by atoms with Gasteiger partial charge in [-0.2, -0.15) is 5.26 Å². The van der Waals surface area contributed by atoms with Gasteiger partial charge in [-0.1, -0.05) is 27.5 Å². The molecule has 0 aliphatic heterocycles. The summed E-state index contributed by atoms with van der Waals surface area (Å²) in [6.45, 7) is 2.64. The first kappa shape index (κ1) is 13.3. The van der Waals surface area contributed by atoms with Crippen LogP contribution in [0.2, 0.25) is 5.02 Å². The molecule has 0 aliphatic rings. The summed E-state index contributed by atoms with van der Waals surface area (Å²) in [5, 5.41) is 10.3. The summed E-state index contributed by atoms with van der Waals surface area (Å²) in [7, 11) is 1.99. The van der Waals surface area contributed by atoms with Crippen LogP contribution in [0.5, 0.6) is 0 Å². The Balaban J connectivity index is 2.91. The second-order valence-electron chi connectivity index (χ2n) is 3.82. The van der Waals surface area contributed by atoms with Crippen molar-refractivity contribution in [2.45, 2.75) is 12.3 Å². The van der Waals surface area contributed by atoms with Crippen molar-refractivity contribution in [3.05, 3.63) is 28.8 Å². The highest BCUT2D eigenvalue weighted by molar-refractivity contribution is 9.08. The minimum atomic E-state index is 0.0175. The highest BCUT2D eigenvalue weighted by Gasteiger charge is 2.10. The molecule has 0 aromatic heterocycles. The summed E-state index contributed by atoms with van der Waals surface area (Å²) in [5.41, 5.74) is 2.25. The minimum absolute atomic E-state index is 0.0175. The quantitative estimate of drug-likeness (QED) is 0.790. The van der Waals surface area contributed by atoms with E-state index in [0.29, 0.717) is 0 Å². The van der Waals surface area contributed by atoms with Crippen molar-refractivity contribution in [2.24, 2.45) is 5.92 Å². The summed E-state index contributed by atoms with van der Waals surface area (Å²) in [5.74, 6) is 0.0175. The molecule has 0 heterocycles. The number of rotatable bonds is 4. The topological polar surface area (TPSA) is 27.0 Å². The van der Waals surface area contributed by atoms with Crippen molar-refractivity contribution in [1.82, 2.24) is 0 Å². The lowest BCUT2D eigenvalue weighted by Crippen LogP contribution is -2.24. The first-order valence-corrected chi connectivity index (χ1v) is 6.53. The molecule has 0 N–H and O–H groups in total. The van der Waals surface area contributed by atoms with Crippen LogP contribution in [0.15, 0.2) is 18.2 Å². The predicted octanol–water partition coefficient (Wildman–Crippen LogP) is 3.83. The molecule has 4 heteroatoms. The molecule has 0 radical (unpaired) electrons. The number of nitriles is 1. The number of hydrogen-bond donors (Lipinski definition) is 0. The fourth-order valence-corrected chi connectivity index (χ4v) is 2.23. The van der Waals surface area contributed by atoms with E-state index in [4.69, 9.17) is 16.9 Å². The third kappa shape index (κ3) is 3.40. The summed E-state index contributed by atoms with van der Waals surface area (Å²) in [6, 6.07) is 8.04. The lowest BCUT2D eigenvalue weighted by Gasteiger charge is -2.23. The predicted molar refractivity (Wildman–Crippen MR) is 72.1 cm³/mol. The maximum Gasteiger partial charge on any atom is 0.0671 e. The largest absolute Gasteiger partial charge is 0.373 e. The van der Waals surface area contributed by atoms with Gasteiger partial charge in [0.15, 0.2) is 0 Å². The van der Waals surface area contributed by atoms with Gasteiger partial charge in [0.25, 0.3) is 0 Å². The summed E-state index contributed by atoms with van der Waals surface area (Å²) in [6.07, 6.45) is 0. The Bertz CT molecular complexity index is 400. The molecule has 1 atom stereocenters. The van der Waals surface area contributed by atoms with Gasteiger partial charge in [-0.3, -0.25) is 0 Å². The standard InChI is InChI=1S/C12H14BrClN2/c1-9(7-15)8-16(2)12-4-3-11(14)5-10(12)6-13/h3-5,9H,6,8H2,1-2H3. The van der Waals surface area contributed by atoms with Gasteiger partial charge >= 0.3 is 0 Å². The number of anilines is 1. The van der Waals surface area contributed by atoms with E-state index in [1.54, 1.807) is 0 Å². The number of alkyl halides is 1. The van der Waals surface area contributed by atoms with Crippen LogP contribution in [-0.4, -0.2) is 13.6 Å². The molecule has 1 unspecified atom stereocenters. The molecule has 0 fully saturated rings. The van der Waals surface area contributed by atoms with Crippen molar-refractivity contribution in [1.29, 1.82) is 5.26 Å². The normalized spacial score (nSPS) is 11.9. The molecule has 0 bridgehead atoms. The van der Waals surface area contributed by atoms with E-state index in [0.717, 1.165) is 28.1 Å². The number of benzene rings is 1. The van der Waals surface area contributed by atoms with Gasteiger partial charge in [-0.05, 0) is 30.7 Å². The molecule has 0 saturated heterocycles. The minimum Gasteiger partial charge on any atom is -0.373 e. The monoisotopic (exact) mass is 300 g/mol. The Morgan fingerprint density at radius 1 is 1.56 bits per heavy atom.